The van der Waals surface area contributed by atoms with Crippen molar-refractivity contribution in [1.82, 2.24) is 15.0 Å². The molecular formula is C17H19N5O2. The van der Waals surface area contributed by atoms with E-state index in [0.29, 0.717) is 12.2 Å². The smallest absolute Gasteiger partial charge is 0.329 e. The Morgan fingerprint density at radius 3 is 2.54 bits per heavy atom. The van der Waals surface area contributed by atoms with Crippen LogP contribution in [-0.4, -0.2) is 32.6 Å². The molecule has 0 bridgehead atoms. The first kappa shape index (κ1) is 17.3. The highest BCUT2D eigenvalue weighted by molar-refractivity contribution is 5.79. The molecule has 1 unspecified atom stereocenters. The zero-order chi connectivity index (χ0) is 17.6. The van der Waals surface area contributed by atoms with E-state index in [4.69, 9.17) is 10.00 Å². The maximum Gasteiger partial charge on any atom is 0.329 e. The quantitative estimate of drug-likeness (QED) is 0.840. The van der Waals surface area contributed by atoms with Crippen LogP contribution < -0.4 is 5.32 Å². The van der Waals surface area contributed by atoms with Gasteiger partial charge in [-0.05, 0) is 38.5 Å². The van der Waals surface area contributed by atoms with Gasteiger partial charge in [-0.25, -0.2) is 14.8 Å². The van der Waals surface area contributed by atoms with Gasteiger partial charge in [0, 0.05) is 18.8 Å². The molecule has 1 N–H and O–H groups in total. The van der Waals surface area contributed by atoms with Crippen molar-refractivity contribution in [2.45, 2.75) is 38.8 Å². The molecule has 0 radical (unpaired) electrons. The summed E-state index contributed by atoms with van der Waals surface area (Å²) in [4.78, 5) is 24.5. The van der Waals surface area contributed by atoms with Crippen molar-refractivity contribution in [2.24, 2.45) is 0 Å². The van der Waals surface area contributed by atoms with E-state index < -0.39 is 11.6 Å². The van der Waals surface area contributed by atoms with Crippen LogP contribution in [0.2, 0.25) is 0 Å². The lowest BCUT2D eigenvalue weighted by Crippen LogP contribution is -2.38. The maximum absolute atomic E-state index is 12.5. The first-order chi connectivity index (χ1) is 11.4. The van der Waals surface area contributed by atoms with E-state index in [1.807, 2.05) is 39.0 Å². The number of ether oxygens (including phenoxy) is 1. The first-order valence-electron chi connectivity index (χ1n) is 7.48. The molecule has 0 aliphatic carbocycles. The molecular weight excluding hydrogens is 306 g/mol. The SMILES string of the molecule is CC(C)(C)OC(=O)C(Cc1ccncc1)Nc1cnc(C#N)cn1. The van der Waals surface area contributed by atoms with Crippen molar-refractivity contribution in [2.75, 3.05) is 5.32 Å². The minimum absolute atomic E-state index is 0.212. The van der Waals surface area contributed by atoms with Crippen molar-refractivity contribution in [3.8, 4) is 6.07 Å². The monoisotopic (exact) mass is 325 g/mol. The first-order valence-corrected chi connectivity index (χ1v) is 7.48. The van der Waals surface area contributed by atoms with Crippen molar-refractivity contribution in [3.05, 3.63) is 48.2 Å². The van der Waals surface area contributed by atoms with Crippen LogP contribution >= 0.6 is 0 Å². The number of hydrogen-bond donors (Lipinski definition) is 1. The number of nitrogens with zero attached hydrogens (tertiary/aromatic N) is 4. The number of carbonyl (C=O) groups excluding carboxylic acids is 1. The summed E-state index contributed by atoms with van der Waals surface area (Å²) in [7, 11) is 0. The summed E-state index contributed by atoms with van der Waals surface area (Å²) >= 11 is 0. The molecule has 2 heterocycles. The Morgan fingerprint density at radius 2 is 2.00 bits per heavy atom. The average Bonchev–Trinajstić information content (AvgIpc) is 2.54. The van der Waals surface area contributed by atoms with Crippen LogP contribution in [0.1, 0.15) is 32.0 Å². The van der Waals surface area contributed by atoms with Gasteiger partial charge in [0.15, 0.2) is 5.69 Å². The third kappa shape index (κ3) is 5.32. The molecule has 0 aliphatic heterocycles. The maximum atomic E-state index is 12.5. The molecule has 2 rings (SSSR count). The zero-order valence-electron chi connectivity index (χ0n) is 13.9. The summed E-state index contributed by atoms with van der Waals surface area (Å²) in [6.45, 7) is 5.45. The van der Waals surface area contributed by atoms with E-state index >= 15 is 0 Å². The molecule has 24 heavy (non-hydrogen) atoms. The van der Waals surface area contributed by atoms with Gasteiger partial charge in [-0.15, -0.1) is 0 Å². The molecule has 2 aromatic heterocycles. The van der Waals surface area contributed by atoms with Gasteiger partial charge in [0.25, 0.3) is 0 Å². The fourth-order valence-electron chi connectivity index (χ4n) is 1.96. The second kappa shape index (κ2) is 7.51. The van der Waals surface area contributed by atoms with E-state index in [0.717, 1.165) is 5.56 Å². The van der Waals surface area contributed by atoms with Crippen LogP contribution in [0.15, 0.2) is 36.9 Å². The number of pyridine rings is 1. The highest BCUT2D eigenvalue weighted by atomic mass is 16.6. The molecule has 2 aromatic rings. The Morgan fingerprint density at radius 1 is 1.29 bits per heavy atom. The fourth-order valence-corrected chi connectivity index (χ4v) is 1.96. The Bertz CT molecular complexity index is 717. The number of rotatable bonds is 5. The number of hydrogen-bond acceptors (Lipinski definition) is 7. The van der Waals surface area contributed by atoms with E-state index in [1.54, 1.807) is 12.4 Å². The van der Waals surface area contributed by atoms with Gasteiger partial charge >= 0.3 is 5.97 Å². The molecule has 124 valence electrons. The van der Waals surface area contributed by atoms with Gasteiger partial charge in [0.2, 0.25) is 0 Å². The topological polar surface area (TPSA) is 101 Å². The summed E-state index contributed by atoms with van der Waals surface area (Å²) < 4.78 is 5.47. The highest BCUT2D eigenvalue weighted by Crippen LogP contribution is 2.14. The lowest BCUT2D eigenvalue weighted by atomic mass is 10.1. The van der Waals surface area contributed by atoms with Crippen molar-refractivity contribution in [3.63, 3.8) is 0 Å². The summed E-state index contributed by atoms with van der Waals surface area (Å²) in [5, 5.41) is 11.8. The molecule has 0 spiro atoms. The highest BCUT2D eigenvalue weighted by Gasteiger charge is 2.26. The second-order valence-corrected chi connectivity index (χ2v) is 6.19. The van der Waals surface area contributed by atoms with Crippen LogP contribution in [0.5, 0.6) is 0 Å². The zero-order valence-corrected chi connectivity index (χ0v) is 13.9. The molecule has 7 heteroatoms. The second-order valence-electron chi connectivity index (χ2n) is 6.19. The fraction of sp³-hybridized carbons (Fsp3) is 0.353. The minimum Gasteiger partial charge on any atom is -0.458 e. The van der Waals surface area contributed by atoms with Gasteiger partial charge in [-0.1, -0.05) is 0 Å². The number of nitriles is 1. The van der Waals surface area contributed by atoms with E-state index in [1.165, 1.54) is 12.4 Å². The van der Waals surface area contributed by atoms with E-state index in [2.05, 4.69) is 20.3 Å². The van der Waals surface area contributed by atoms with Crippen LogP contribution in [0.25, 0.3) is 0 Å². The van der Waals surface area contributed by atoms with Gasteiger partial charge in [-0.2, -0.15) is 5.26 Å². The van der Waals surface area contributed by atoms with E-state index in [9.17, 15) is 4.79 Å². The van der Waals surface area contributed by atoms with Crippen molar-refractivity contribution in [1.29, 1.82) is 5.26 Å². The molecule has 0 aromatic carbocycles. The van der Waals surface area contributed by atoms with Crippen LogP contribution in [0.3, 0.4) is 0 Å². The van der Waals surface area contributed by atoms with E-state index in [-0.39, 0.29) is 11.7 Å². The average molecular weight is 325 g/mol. The summed E-state index contributed by atoms with van der Waals surface area (Å²) in [6.07, 6.45) is 6.52. The van der Waals surface area contributed by atoms with Gasteiger partial charge in [0.1, 0.15) is 23.5 Å². The Labute approximate surface area is 140 Å². The molecule has 0 saturated heterocycles. The number of aromatic nitrogens is 3. The minimum atomic E-state index is -0.631. The van der Waals surface area contributed by atoms with Crippen LogP contribution in [-0.2, 0) is 16.0 Å². The summed E-state index contributed by atoms with van der Waals surface area (Å²) in [6, 6.07) is 4.94. The Kier molecular flexibility index (Phi) is 5.42. The van der Waals surface area contributed by atoms with Gasteiger partial charge in [0.05, 0.1) is 12.4 Å². The Hall–Kier alpha value is -3.01. The van der Waals surface area contributed by atoms with Crippen molar-refractivity contribution < 1.29 is 9.53 Å². The number of esters is 1. The lowest BCUT2D eigenvalue weighted by Gasteiger charge is -2.24. The number of carbonyl (C=O) groups is 1. The molecule has 7 nitrogen and oxygen atoms in total. The number of anilines is 1. The van der Waals surface area contributed by atoms with Crippen molar-refractivity contribution >= 4 is 11.8 Å². The lowest BCUT2D eigenvalue weighted by molar-refractivity contribution is -0.155. The predicted octanol–water partition coefficient (Wildman–Crippen LogP) is 2.11. The summed E-state index contributed by atoms with van der Waals surface area (Å²) in [5.74, 6) is 0.0180. The van der Waals surface area contributed by atoms with Gasteiger partial charge in [-0.3, -0.25) is 4.98 Å². The third-order valence-electron chi connectivity index (χ3n) is 2.97. The van der Waals surface area contributed by atoms with Crippen LogP contribution in [0, 0.1) is 11.3 Å². The standard InChI is InChI=1S/C17H19N5O2/c1-17(2,3)24-16(23)14(8-12-4-6-19-7-5-12)22-15-11-20-13(9-18)10-21-15/h4-7,10-11,14H,8H2,1-3H3,(H,21,22). The van der Waals surface area contributed by atoms with Crippen LogP contribution in [0.4, 0.5) is 5.82 Å². The normalized spacial score (nSPS) is 12.1. The molecule has 1 atom stereocenters. The molecule has 0 saturated carbocycles. The Balaban J connectivity index is 2.17. The largest absolute Gasteiger partial charge is 0.458 e. The third-order valence-corrected chi connectivity index (χ3v) is 2.97. The molecule has 0 amide bonds. The van der Waals surface area contributed by atoms with Gasteiger partial charge < -0.3 is 10.1 Å². The molecule has 0 aliphatic rings. The predicted molar refractivity (Wildman–Crippen MR) is 87.9 cm³/mol. The molecule has 0 fully saturated rings. The summed E-state index contributed by atoms with van der Waals surface area (Å²) in [5.41, 5.74) is 0.560. The number of nitrogens with one attached hydrogen (secondary N) is 1.